The number of likely N-dealkylation sites (tertiary alicyclic amines) is 1. The maximum atomic E-state index is 12.6. The second-order valence-electron chi connectivity index (χ2n) is 7.64. The van der Waals surface area contributed by atoms with E-state index in [1.807, 2.05) is 17.0 Å². The summed E-state index contributed by atoms with van der Waals surface area (Å²) in [6, 6.07) is 8.23. The predicted molar refractivity (Wildman–Crippen MR) is 98.9 cm³/mol. The van der Waals surface area contributed by atoms with Gasteiger partial charge in [0, 0.05) is 31.5 Å². The van der Waals surface area contributed by atoms with Gasteiger partial charge in [0.05, 0.1) is 0 Å². The molecule has 136 valence electrons. The van der Waals surface area contributed by atoms with Crippen molar-refractivity contribution in [2.45, 2.75) is 58.4 Å². The van der Waals surface area contributed by atoms with Crippen molar-refractivity contribution in [1.29, 1.82) is 0 Å². The first-order valence-electron chi connectivity index (χ1n) is 9.75. The molecule has 2 fully saturated rings. The third-order valence-electron chi connectivity index (χ3n) is 5.66. The van der Waals surface area contributed by atoms with Crippen LogP contribution >= 0.6 is 0 Å². The van der Waals surface area contributed by atoms with Crippen LogP contribution in [0.15, 0.2) is 24.3 Å². The Labute approximate surface area is 151 Å². The van der Waals surface area contributed by atoms with Crippen LogP contribution in [0.4, 0.5) is 0 Å². The number of nitrogens with zero attached hydrogens (tertiary/aromatic N) is 1. The van der Waals surface area contributed by atoms with Crippen LogP contribution in [0.1, 0.15) is 56.1 Å². The molecule has 1 aliphatic heterocycles. The Kier molecular flexibility index (Phi) is 6.11. The third-order valence-corrected chi connectivity index (χ3v) is 5.66. The molecule has 0 aromatic heterocycles. The van der Waals surface area contributed by atoms with E-state index < -0.39 is 0 Å². The molecule has 2 amide bonds. The molecule has 4 nitrogen and oxygen atoms in total. The van der Waals surface area contributed by atoms with Crippen LogP contribution in [0, 0.1) is 18.8 Å². The van der Waals surface area contributed by atoms with Crippen molar-refractivity contribution < 1.29 is 9.59 Å². The van der Waals surface area contributed by atoms with E-state index in [0.717, 1.165) is 57.2 Å². The Morgan fingerprint density at radius 3 is 2.40 bits per heavy atom. The van der Waals surface area contributed by atoms with Crippen LogP contribution < -0.4 is 5.32 Å². The van der Waals surface area contributed by atoms with Crippen molar-refractivity contribution in [3.63, 3.8) is 0 Å². The van der Waals surface area contributed by atoms with E-state index >= 15 is 0 Å². The Bertz CT molecular complexity index is 600. The minimum Gasteiger partial charge on any atom is -0.352 e. The number of hydrogen-bond donors (Lipinski definition) is 1. The minimum atomic E-state index is 0.0650. The fraction of sp³-hybridized carbons (Fsp3) is 0.619. The molecule has 1 N–H and O–H groups in total. The molecule has 0 spiro atoms. The van der Waals surface area contributed by atoms with Crippen LogP contribution in [-0.4, -0.2) is 29.8 Å². The highest BCUT2D eigenvalue weighted by molar-refractivity contribution is 5.81. The van der Waals surface area contributed by atoms with E-state index in [9.17, 15) is 9.59 Å². The van der Waals surface area contributed by atoms with E-state index in [1.54, 1.807) is 0 Å². The van der Waals surface area contributed by atoms with E-state index in [1.165, 1.54) is 12.0 Å². The first kappa shape index (κ1) is 18.0. The van der Waals surface area contributed by atoms with Crippen LogP contribution in [0.25, 0.3) is 0 Å². The molecule has 1 aromatic carbocycles. The number of aryl methyl sites for hydroxylation is 1. The summed E-state index contributed by atoms with van der Waals surface area (Å²) in [5, 5.41) is 3.07. The van der Waals surface area contributed by atoms with Crippen molar-refractivity contribution in [1.82, 2.24) is 10.2 Å². The number of carbonyl (C=O) groups is 2. The summed E-state index contributed by atoms with van der Waals surface area (Å²) in [4.78, 5) is 27.1. The maximum absolute atomic E-state index is 12.6. The maximum Gasteiger partial charge on any atom is 0.225 e. The van der Waals surface area contributed by atoms with Crippen LogP contribution in [0.2, 0.25) is 0 Å². The molecule has 0 radical (unpaired) electrons. The average Bonchev–Trinajstić information content (AvgIpc) is 2.66. The fourth-order valence-electron chi connectivity index (χ4n) is 4.13. The Hall–Kier alpha value is -1.84. The van der Waals surface area contributed by atoms with E-state index in [4.69, 9.17) is 0 Å². The van der Waals surface area contributed by atoms with Gasteiger partial charge in [-0.05, 0) is 57.4 Å². The SMILES string of the molecule is Cc1cccc(CNC(=O)C2CCC(C(=O)N3CCCCC3)CC2)c1. The van der Waals surface area contributed by atoms with E-state index in [0.29, 0.717) is 12.5 Å². The smallest absolute Gasteiger partial charge is 0.225 e. The molecule has 2 aliphatic rings. The molecule has 1 aliphatic carbocycles. The van der Waals surface area contributed by atoms with Crippen molar-refractivity contribution in [3.05, 3.63) is 35.4 Å². The third kappa shape index (κ3) is 4.83. The zero-order valence-corrected chi connectivity index (χ0v) is 15.3. The second kappa shape index (κ2) is 8.50. The summed E-state index contributed by atoms with van der Waals surface area (Å²) in [5.41, 5.74) is 2.35. The summed E-state index contributed by atoms with van der Waals surface area (Å²) >= 11 is 0. The van der Waals surface area contributed by atoms with Gasteiger partial charge < -0.3 is 10.2 Å². The van der Waals surface area contributed by atoms with Gasteiger partial charge in [0.25, 0.3) is 0 Å². The van der Waals surface area contributed by atoms with Crippen molar-refractivity contribution >= 4 is 11.8 Å². The van der Waals surface area contributed by atoms with Gasteiger partial charge in [-0.1, -0.05) is 29.8 Å². The van der Waals surface area contributed by atoms with E-state index in [2.05, 4.69) is 24.4 Å². The number of piperidine rings is 1. The van der Waals surface area contributed by atoms with E-state index in [-0.39, 0.29) is 17.7 Å². The largest absolute Gasteiger partial charge is 0.352 e. The van der Waals surface area contributed by atoms with Gasteiger partial charge in [-0.3, -0.25) is 9.59 Å². The second-order valence-corrected chi connectivity index (χ2v) is 7.64. The fourth-order valence-corrected chi connectivity index (χ4v) is 4.13. The highest BCUT2D eigenvalue weighted by Gasteiger charge is 2.32. The van der Waals surface area contributed by atoms with Crippen molar-refractivity contribution in [2.75, 3.05) is 13.1 Å². The lowest BCUT2D eigenvalue weighted by atomic mass is 9.80. The molecular formula is C21H30N2O2. The van der Waals surface area contributed by atoms with Gasteiger partial charge in [0.2, 0.25) is 11.8 Å². The summed E-state index contributed by atoms with van der Waals surface area (Å²) in [6.45, 7) is 4.50. The van der Waals surface area contributed by atoms with Gasteiger partial charge >= 0.3 is 0 Å². The van der Waals surface area contributed by atoms with Crippen molar-refractivity contribution in [3.8, 4) is 0 Å². The lowest BCUT2D eigenvalue weighted by Crippen LogP contribution is -2.42. The normalized spacial score (nSPS) is 24.0. The number of carbonyl (C=O) groups excluding carboxylic acids is 2. The van der Waals surface area contributed by atoms with Crippen LogP contribution in [0.3, 0.4) is 0 Å². The minimum absolute atomic E-state index is 0.0650. The summed E-state index contributed by atoms with van der Waals surface area (Å²) in [7, 11) is 0. The Morgan fingerprint density at radius 2 is 1.72 bits per heavy atom. The van der Waals surface area contributed by atoms with Crippen LogP contribution in [-0.2, 0) is 16.1 Å². The standard InChI is InChI=1S/C21H30N2O2/c1-16-6-5-7-17(14-16)15-22-20(24)18-8-10-19(11-9-18)21(25)23-12-3-2-4-13-23/h5-7,14,18-19H,2-4,8-13,15H2,1H3,(H,22,24). The number of hydrogen-bond acceptors (Lipinski definition) is 2. The zero-order valence-electron chi connectivity index (χ0n) is 15.3. The number of amides is 2. The number of nitrogens with one attached hydrogen (secondary N) is 1. The molecule has 1 saturated heterocycles. The van der Waals surface area contributed by atoms with Gasteiger partial charge in [0.1, 0.15) is 0 Å². The molecule has 0 bridgehead atoms. The molecular weight excluding hydrogens is 312 g/mol. The molecule has 0 unspecified atom stereocenters. The van der Waals surface area contributed by atoms with Crippen molar-refractivity contribution in [2.24, 2.45) is 11.8 Å². The monoisotopic (exact) mass is 342 g/mol. The van der Waals surface area contributed by atoms with Gasteiger partial charge in [-0.2, -0.15) is 0 Å². The Morgan fingerprint density at radius 1 is 1.04 bits per heavy atom. The predicted octanol–water partition coefficient (Wildman–Crippen LogP) is 3.43. The van der Waals surface area contributed by atoms with Gasteiger partial charge in [-0.15, -0.1) is 0 Å². The van der Waals surface area contributed by atoms with Gasteiger partial charge in [-0.25, -0.2) is 0 Å². The first-order chi connectivity index (χ1) is 12.1. The molecule has 3 rings (SSSR count). The topological polar surface area (TPSA) is 49.4 Å². The molecule has 0 atom stereocenters. The molecule has 1 saturated carbocycles. The summed E-state index contributed by atoms with van der Waals surface area (Å²) < 4.78 is 0. The summed E-state index contributed by atoms with van der Waals surface area (Å²) in [6.07, 6.45) is 6.92. The highest BCUT2D eigenvalue weighted by atomic mass is 16.2. The molecule has 4 heteroatoms. The molecule has 1 heterocycles. The lowest BCUT2D eigenvalue weighted by Gasteiger charge is -2.33. The number of rotatable bonds is 4. The Balaban J connectivity index is 1.43. The summed E-state index contributed by atoms with van der Waals surface area (Å²) in [5.74, 6) is 0.679. The molecule has 1 aromatic rings. The lowest BCUT2D eigenvalue weighted by molar-refractivity contribution is -0.139. The quantitative estimate of drug-likeness (QED) is 0.911. The first-order valence-corrected chi connectivity index (χ1v) is 9.75. The molecule has 25 heavy (non-hydrogen) atoms. The average molecular weight is 342 g/mol. The number of benzene rings is 1. The highest BCUT2D eigenvalue weighted by Crippen LogP contribution is 2.31. The van der Waals surface area contributed by atoms with Gasteiger partial charge in [0.15, 0.2) is 0 Å². The zero-order chi connectivity index (χ0) is 17.6. The van der Waals surface area contributed by atoms with Crippen LogP contribution in [0.5, 0.6) is 0 Å².